The molecule has 2 aromatic carbocycles. The fourth-order valence-electron chi connectivity index (χ4n) is 4.43. The molecular formula is C27H27FN4O2. The molecule has 1 atom stereocenters. The summed E-state index contributed by atoms with van der Waals surface area (Å²) in [6.45, 7) is 3.65. The predicted octanol–water partition coefficient (Wildman–Crippen LogP) is 4.23. The molecule has 2 aromatic heterocycles. The number of nitrogens with zero attached hydrogens (tertiary/aromatic N) is 4. The lowest BCUT2D eigenvalue weighted by Crippen LogP contribution is -2.33. The van der Waals surface area contributed by atoms with Gasteiger partial charge in [0, 0.05) is 29.8 Å². The van der Waals surface area contributed by atoms with Crippen LogP contribution in [0.15, 0.2) is 65.8 Å². The normalized spacial score (nSPS) is 14.4. The van der Waals surface area contributed by atoms with E-state index in [2.05, 4.69) is 16.1 Å². The van der Waals surface area contributed by atoms with Gasteiger partial charge in [0.05, 0.1) is 24.3 Å². The summed E-state index contributed by atoms with van der Waals surface area (Å²) in [5, 5.41) is 14.7. The van der Waals surface area contributed by atoms with Crippen molar-refractivity contribution in [2.24, 2.45) is 0 Å². The molecule has 0 bridgehead atoms. The molecule has 0 saturated heterocycles. The van der Waals surface area contributed by atoms with Gasteiger partial charge in [-0.25, -0.2) is 14.1 Å². The summed E-state index contributed by atoms with van der Waals surface area (Å²) < 4.78 is 17.2. The first-order valence-electron chi connectivity index (χ1n) is 11.5. The number of aryl methyl sites for hydroxylation is 2. The number of aromatic nitrogens is 4. The average molecular weight is 459 g/mol. The average Bonchev–Trinajstić information content (AvgIpc) is 3.57. The van der Waals surface area contributed by atoms with Crippen molar-refractivity contribution in [3.8, 4) is 5.69 Å². The van der Waals surface area contributed by atoms with Crippen LogP contribution in [0.4, 0.5) is 4.39 Å². The third-order valence-corrected chi connectivity index (χ3v) is 6.37. The van der Waals surface area contributed by atoms with Gasteiger partial charge in [-0.1, -0.05) is 24.3 Å². The highest BCUT2D eigenvalue weighted by molar-refractivity contribution is 5.44. The minimum absolute atomic E-state index is 0.264. The summed E-state index contributed by atoms with van der Waals surface area (Å²) in [4.78, 5) is 17.8. The van der Waals surface area contributed by atoms with Crippen molar-refractivity contribution in [2.75, 3.05) is 6.61 Å². The number of benzene rings is 2. The van der Waals surface area contributed by atoms with Crippen LogP contribution in [-0.2, 0) is 6.42 Å². The van der Waals surface area contributed by atoms with Crippen LogP contribution in [-0.4, -0.2) is 31.0 Å². The van der Waals surface area contributed by atoms with Gasteiger partial charge in [0.1, 0.15) is 11.9 Å². The topological polar surface area (TPSA) is 72.9 Å². The summed E-state index contributed by atoms with van der Waals surface area (Å²) in [6.07, 6.45) is 6.29. The van der Waals surface area contributed by atoms with E-state index in [0.717, 1.165) is 41.0 Å². The van der Waals surface area contributed by atoms with Gasteiger partial charge in [-0.3, -0.25) is 4.79 Å². The van der Waals surface area contributed by atoms with Crippen LogP contribution in [0.5, 0.6) is 0 Å². The Kier molecular flexibility index (Phi) is 5.87. The van der Waals surface area contributed by atoms with Crippen LogP contribution in [0.2, 0.25) is 0 Å². The van der Waals surface area contributed by atoms with E-state index in [1.54, 1.807) is 18.5 Å². The highest BCUT2D eigenvalue weighted by atomic mass is 19.1. The van der Waals surface area contributed by atoms with Crippen molar-refractivity contribution in [3.63, 3.8) is 0 Å². The maximum Gasteiger partial charge on any atom is 0.270 e. The van der Waals surface area contributed by atoms with Gasteiger partial charge in [-0.2, -0.15) is 5.10 Å². The maximum absolute atomic E-state index is 13.9. The zero-order valence-corrected chi connectivity index (χ0v) is 19.3. The molecule has 7 heteroatoms. The van der Waals surface area contributed by atoms with Gasteiger partial charge >= 0.3 is 0 Å². The van der Waals surface area contributed by atoms with E-state index in [9.17, 15) is 14.3 Å². The lowest BCUT2D eigenvalue weighted by atomic mass is 10.0. The van der Waals surface area contributed by atoms with Crippen LogP contribution in [0.25, 0.3) is 5.69 Å². The molecule has 5 rings (SSSR count). The minimum Gasteiger partial charge on any atom is -0.394 e. The number of halogens is 1. The second kappa shape index (κ2) is 8.99. The van der Waals surface area contributed by atoms with Crippen LogP contribution < -0.4 is 5.56 Å². The summed E-state index contributed by atoms with van der Waals surface area (Å²) in [5.41, 5.74) is 5.82. The standard InChI is InChI=1S/C27H27FN4O2/c1-17-10-19(6-9-25(17)31-14-18(2)29-16-31)11-22-13-24(20-7-8-20)30-32(27(22)34)26(15-33)21-4-3-5-23(28)12-21/h3-6,9-10,12-14,16,20,26,33H,7-8,11,15H2,1-2H3/t26-/m0/s1. The van der Waals surface area contributed by atoms with Gasteiger partial charge < -0.3 is 9.67 Å². The highest BCUT2D eigenvalue weighted by Gasteiger charge is 2.28. The molecule has 4 aromatic rings. The maximum atomic E-state index is 13.9. The van der Waals surface area contributed by atoms with Crippen molar-refractivity contribution < 1.29 is 9.50 Å². The lowest BCUT2D eigenvalue weighted by Gasteiger charge is -2.19. The van der Waals surface area contributed by atoms with Gasteiger partial charge in [0.2, 0.25) is 0 Å². The molecule has 1 N–H and O–H groups in total. The Morgan fingerprint density at radius 3 is 2.62 bits per heavy atom. The molecule has 0 radical (unpaired) electrons. The first-order valence-corrected chi connectivity index (χ1v) is 11.5. The van der Waals surface area contributed by atoms with Crippen molar-refractivity contribution in [1.82, 2.24) is 19.3 Å². The van der Waals surface area contributed by atoms with Gasteiger partial charge in [-0.15, -0.1) is 0 Å². The summed E-state index contributed by atoms with van der Waals surface area (Å²) in [6, 6.07) is 13.3. The molecule has 1 saturated carbocycles. The van der Waals surface area contributed by atoms with E-state index < -0.39 is 11.9 Å². The number of hydrogen-bond acceptors (Lipinski definition) is 4. The SMILES string of the molecule is Cc1cn(-c2ccc(Cc3cc(C4CC4)nn([C@@H](CO)c4cccc(F)c4)c3=O)cc2C)cn1. The molecule has 0 unspecified atom stereocenters. The predicted molar refractivity (Wildman–Crippen MR) is 128 cm³/mol. The van der Waals surface area contributed by atoms with Gasteiger partial charge in [0.25, 0.3) is 5.56 Å². The minimum atomic E-state index is -0.741. The molecular weight excluding hydrogens is 431 g/mol. The second-order valence-electron chi connectivity index (χ2n) is 9.09. The van der Waals surface area contributed by atoms with E-state index in [0.29, 0.717) is 23.5 Å². The first kappa shape index (κ1) is 22.2. The van der Waals surface area contributed by atoms with Gasteiger partial charge in [0.15, 0.2) is 0 Å². The van der Waals surface area contributed by atoms with Crippen molar-refractivity contribution >= 4 is 0 Å². The van der Waals surface area contributed by atoms with E-state index in [-0.39, 0.29) is 12.2 Å². The fraction of sp³-hybridized carbons (Fsp3) is 0.296. The molecule has 34 heavy (non-hydrogen) atoms. The number of aliphatic hydroxyl groups is 1. The molecule has 0 aliphatic heterocycles. The molecule has 0 spiro atoms. The summed E-state index contributed by atoms with van der Waals surface area (Å²) in [5.74, 6) is -0.0859. The molecule has 2 heterocycles. The van der Waals surface area contributed by atoms with E-state index in [1.807, 2.05) is 42.8 Å². The van der Waals surface area contributed by atoms with Crippen molar-refractivity contribution in [1.29, 1.82) is 0 Å². The Hall–Kier alpha value is -3.58. The Balaban J connectivity index is 1.52. The van der Waals surface area contributed by atoms with Crippen LogP contribution >= 0.6 is 0 Å². The molecule has 1 aliphatic rings. The van der Waals surface area contributed by atoms with Crippen LogP contribution in [0, 0.1) is 19.7 Å². The van der Waals surface area contributed by atoms with E-state index >= 15 is 0 Å². The number of imidazole rings is 1. The fourth-order valence-corrected chi connectivity index (χ4v) is 4.43. The number of rotatable bonds is 7. The Bertz CT molecular complexity index is 1400. The zero-order valence-electron chi connectivity index (χ0n) is 19.3. The Morgan fingerprint density at radius 2 is 1.97 bits per heavy atom. The van der Waals surface area contributed by atoms with Crippen LogP contribution in [0.3, 0.4) is 0 Å². The number of aliphatic hydroxyl groups excluding tert-OH is 1. The summed E-state index contributed by atoms with van der Waals surface area (Å²) >= 11 is 0. The van der Waals surface area contributed by atoms with Crippen molar-refractivity contribution in [2.45, 2.75) is 45.1 Å². The van der Waals surface area contributed by atoms with E-state index in [1.165, 1.54) is 16.8 Å². The molecule has 0 amide bonds. The largest absolute Gasteiger partial charge is 0.394 e. The third-order valence-electron chi connectivity index (χ3n) is 6.37. The van der Waals surface area contributed by atoms with E-state index in [4.69, 9.17) is 0 Å². The third kappa shape index (κ3) is 4.43. The quantitative estimate of drug-likeness (QED) is 0.450. The van der Waals surface area contributed by atoms with Gasteiger partial charge in [-0.05, 0) is 67.6 Å². The monoisotopic (exact) mass is 458 g/mol. The molecule has 6 nitrogen and oxygen atoms in total. The zero-order chi connectivity index (χ0) is 23.8. The molecule has 174 valence electrons. The molecule has 1 aliphatic carbocycles. The molecule has 1 fully saturated rings. The lowest BCUT2D eigenvalue weighted by molar-refractivity contribution is 0.235. The smallest absolute Gasteiger partial charge is 0.270 e. The number of hydrogen-bond donors (Lipinski definition) is 1. The summed E-state index contributed by atoms with van der Waals surface area (Å²) in [7, 11) is 0. The first-order chi connectivity index (χ1) is 16.4. The Morgan fingerprint density at radius 1 is 1.15 bits per heavy atom. The highest BCUT2D eigenvalue weighted by Crippen LogP contribution is 2.39. The van der Waals surface area contributed by atoms with Crippen molar-refractivity contribution in [3.05, 3.63) is 111 Å². The second-order valence-corrected chi connectivity index (χ2v) is 9.09. The van der Waals surface area contributed by atoms with Crippen LogP contribution in [0.1, 0.15) is 58.4 Å². The Labute approximate surface area is 197 Å².